The molecular weight excluding hydrogens is 300 g/mol. The largest absolute Gasteiger partial charge is 0.393 e. The minimum Gasteiger partial charge on any atom is -0.393 e. The van der Waals surface area contributed by atoms with Gasteiger partial charge < -0.3 is 10.0 Å². The molecule has 1 saturated carbocycles. The predicted octanol–water partition coefficient (Wildman–Crippen LogP) is 3.14. The van der Waals surface area contributed by atoms with E-state index in [-0.39, 0.29) is 6.10 Å². The lowest BCUT2D eigenvalue weighted by atomic mass is 9.92. The van der Waals surface area contributed by atoms with Gasteiger partial charge in [-0.2, -0.15) is 5.10 Å². The normalized spacial score (nSPS) is 21.1. The lowest BCUT2D eigenvalue weighted by molar-refractivity contribution is 0.122. The molecule has 124 valence electrons. The summed E-state index contributed by atoms with van der Waals surface area (Å²) in [5.74, 6) is 0.976. The van der Waals surface area contributed by atoms with E-state index in [2.05, 4.69) is 35.2 Å². The first-order valence-corrected chi connectivity index (χ1v) is 8.53. The van der Waals surface area contributed by atoms with Gasteiger partial charge in [0.1, 0.15) is 5.82 Å². The maximum Gasteiger partial charge on any atom is 0.129 e. The van der Waals surface area contributed by atoms with Crippen molar-refractivity contribution in [2.45, 2.75) is 37.8 Å². The third-order valence-corrected chi connectivity index (χ3v) is 5.01. The van der Waals surface area contributed by atoms with Crippen LogP contribution in [0.2, 0.25) is 0 Å². The van der Waals surface area contributed by atoms with Gasteiger partial charge in [-0.1, -0.05) is 12.1 Å². The average Bonchev–Trinajstić information content (AvgIpc) is 3.06. The van der Waals surface area contributed by atoms with Gasteiger partial charge in [0.05, 0.1) is 23.5 Å². The number of fused-ring (bicyclic) bond motifs is 1. The van der Waals surface area contributed by atoms with Crippen LogP contribution in [0.4, 0.5) is 5.82 Å². The number of nitrogens with zero attached hydrogens (tertiary/aromatic N) is 4. The van der Waals surface area contributed by atoms with Gasteiger partial charge in [0.2, 0.25) is 0 Å². The van der Waals surface area contributed by atoms with E-state index in [1.54, 1.807) is 0 Å². The molecule has 0 unspecified atom stereocenters. The molecule has 0 spiro atoms. The summed E-state index contributed by atoms with van der Waals surface area (Å²) < 4.78 is 1.87. The van der Waals surface area contributed by atoms with Gasteiger partial charge in [-0.25, -0.2) is 9.50 Å². The molecule has 1 aliphatic rings. The zero-order chi connectivity index (χ0) is 16.5. The van der Waals surface area contributed by atoms with Crippen LogP contribution in [0.15, 0.2) is 48.8 Å². The van der Waals surface area contributed by atoms with Crippen LogP contribution in [0.25, 0.3) is 16.8 Å². The Kier molecular flexibility index (Phi) is 3.94. The first kappa shape index (κ1) is 15.1. The second-order valence-corrected chi connectivity index (χ2v) is 6.54. The second kappa shape index (κ2) is 6.24. The first-order valence-electron chi connectivity index (χ1n) is 8.53. The fraction of sp³-hybridized carbons (Fsp3) is 0.368. The Morgan fingerprint density at radius 3 is 2.75 bits per heavy atom. The molecule has 0 radical (unpaired) electrons. The van der Waals surface area contributed by atoms with Crippen molar-refractivity contribution in [1.82, 2.24) is 14.6 Å². The van der Waals surface area contributed by atoms with Crippen LogP contribution in [-0.4, -0.2) is 38.9 Å². The van der Waals surface area contributed by atoms with Gasteiger partial charge >= 0.3 is 0 Å². The third-order valence-electron chi connectivity index (χ3n) is 5.01. The number of rotatable bonds is 3. The zero-order valence-corrected chi connectivity index (χ0v) is 13.8. The van der Waals surface area contributed by atoms with E-state index < -0.39 is 0 Å². The maximum absolute atomic E-state index is 9.71. The van der Waals surface area contributed by atoms with E-state index in [4.69, 9.17) is 4.98 Å². The quantitative estimate of drug-likeness (QED) is 0.805. The van der Waals surface area contributed by atoms with Crippen LogP contribution in [0.1, 0.15) is 25.7 Å². The number of pyridine rings is 2. The number of aromatic nitrogens is 3. The van der Waals surface area contributed by atoms with E-state index in [0.717, 1.165) is 48.3 Å². The van der Waals surface area contributed by atoms with Crippen LogP contribution in [0, 0.1) is 0 Å². The van der Waals surface area contributed by atoms with Gasteiger partial charge in [0, 0.05) is 24.8 Å². The highest BCUT2D eigenvalue weighted by atomic mass is 16.3. The summed E-state index contributed by atoms with van der Waals surface area (Å²) in [5.41, 5.74) is 3.05. The molecule has 5 nitrogen and oxygen atoms in total. The topological polar surface area (TPSA) is 53.7 Å². The molecule has 5 heteroatoms. The number of aliphatic hydroxyl groups is 1. The second-order valence-electron chi connectivity index (χ2n) is 6.54. The lowest BCUT2D eigenvalue weighted by Crippen LogP contribution is -2.36. The van der Waals surface area contributed by atoms with E-state index in [0.29, 0.717) is 6.04 Å². The summed E-state index contributed by atoms with van der Waals surface area (Å²) in [6, 6.07) is 12.6. The predicted molar refractivity (Wildman–Crippen MR) is 95.1 cm³/mol. The lowest BCUT2D eigenvalue weighted by Gasteiger charge is -2.34. The summed E-state index contributed by atoms with van der Waals surface area (Å²) in [6.45, 7) is 0. The molecule has 1 aliphatic carbocycles. The Labute approximate surface area is 141 Å². The Morgan fingerprint density at radius 2 is 1.92 bits per heavy atom. The van der Waals surface area contributed by atoms with Crippen LogP contribution in [0.3, 0.4) is 0 Å². The fourth-order valence-electron chi connectivity index (χ4n) is 3.53. The van der Waals surface area contributed by atoms with Crippen molar-refractivity contribution in [2.24, 2.45) is 0 Å². The van der Waals surface area contributed by atoms with Gasteiger partial charge in [0.25, 0.3) is 0 Å². The van der Waals surface area contributed by atoms with E-state index >= 15 is 0 Å². The van der Waals surface area contributed by atoms with E-state index in [9.17, 15) is 5.11 Å². The molecule has 1 N–H and O–H groups in total. The Morgan fingerprint density at radius 1 is 1.08 bits per heavy atom. The van der Waals surface area contributed by atoms with Crippen LogP contribution >= 0.6 is 0 Å². The highest BCUT2D eigenvalue weighted by Crippen LogP contribution is 2.28. The van der Waals surface area contributed by atoms with Crippen molar-refractivity contribution in [1.29, 1.82) is 0 Å². The minimum absolute atomic E-state index is 0.132. The van der Waals surface area contributed by atoms with Crippen molar-refractivity contribution in [3.63, 3.8) is 0 Å². The Balaban J connectivity index is 1.64. The number of aliphatic hydroxyl groups excluding tert-OH is 1. The summed E-state index contributed by atoms with van der Waals surface area (Å²) in [4.78, 5) is 7.12. The molecule has 0 bridgehead atoms. The average molecular weight is 322 g/mol. The van der Waals surface area contributed by atoms with Gasteiger partial charge in [-0.3, -0.25) is 0 Å². The molecular formula is C19H22N4O. The molecule has 0 saturated heterocycles. The smallest absolute Gasteiger partial charge is 0.129 e. The summed E-state index contributed by atoms with van der Waals surface area (Å²) in [5, 5.41) is 14.1. The molecule has 0 aromatic carbocycles. The Bertz CT molecular complexity index is 836. The molecule has 0 aliphatic heterocycles. The highest BCUT2D eigenvalue weighted by Gasteiger charge is 2.23. The first-order chi connectivity index (χ1) is 11.7. The molecule has 0 atom stereocenters. The minimum atomic E-state index is -0.132. The standard InChI is InChI=1S/C19H22N4O/c1-22(14-8-10-15(24)11-9-14)19-7-4-5-17(21-19)16-13-20-23-12-3-2-6-18(16)23/h2-7,12-15,24H,8-11H2,1H3/t14-,15-. The monoisotopic (exact) mass is 322 g/mol. The van der Waals surface area contributed by atoms with Crippen molar-refractivity contribution >= 4 is 11.3 Å². The molecule has 3 aromatic heterocycles. The molecule has 3 heterocycles. The molecule has 3 aromatic rings. The fourth-order valence-corrected chi connectivity index (χ4v) is 3.53. The van der Waals surface area contributed by atoms with Crippen LogP contribution < -0.4 is 4.90 Å². The van der Waals surface area contributed by atoms with Crippen LogP contribution in [0.5, 0.6) is 0 Å². The van der Waals surface area contributed by atoms with Crippen molar-refractivity contribution < 1.29 is 5.11 Å². The molecule has 1 fully saturated rings. The summed E-state index contributed by atoms with van der Waals surface area (Å²) >= 11 is 0. The highest BCUT2D eigenvalue weighted by molar-refractivity contribution is 5.78. The summed E-state index contributed by atoms with van der Waals surface area (Å²) in [7, 11) is 2.10. The number of hydrogen-bond acceptors (Lipinski definition) is 4. The summed E-state index contributed by atoms with van der Waals surface area (Å²) in [6.07, 6.45) is 7.47. The molecule has 0 amide bonds. The Hall–Kier alpha value is -2.40. The van der Waals surface area contributed by atoms with Gasteiger partial charge in [0.15, 0.2) is 0 Å². The van der Waals surface area contributed by atoms with Crippen molar-refractivity contribution in [3.05, 3.63) is 48.8 Å². The van der Waals surface area contributed by atoms with Gasteiger partial charge in [-0.15, -0.1) is 0 Å². The number of hydrogen-bond donors (Lipinski definition) is 1. The molecule has 24 heavy (non-hydrogen) atoms. The van der Waals surface area contributed by atoms with Crippen molar-refractivity contribution in [2.75, 3.05) is 11.9 Å². The molecule has 4 rings (SSSR count). The SMILES string of the molecule is CN(c1cccc(-c2cnn3ccccc23)n1)[C@H]1CC[C@H](O)CC1. The van der Waals surface area contributed by atoms with E-state index in [1.165, 1.54) is 0 Å². The maximum atomic E-state index is 9.71. The third kappa shape index (κ3) is 2.76. The van der Waals surface area contributed by atoms with E-state index in [1.807, 2.05) is 35.1 Å². The van der Waals surface area contributed by atoms with Gasteiger partial charge in [-0.05, 0) is 49.9 Å². The number of anilines is 1. The van der Waals surface area contributed by atoms with Crippen LogP contribution in [-0.2, 0) is 0 Å². The zero-order valence-electron chi connectivity index (χ0n) is 13.8. The van der Waals surface area contributed by atoms with Crippen molar-refractivity contribution in [3.8, 4) is 11.3 Å².